The van der Waals surface area contributed by atoms with Gasteiger partial charge < -0.3 is 9.15 Å². The topological polar surface area (TPSA) is 80.3 Å². The van der Waals surface area contributed by atoms with E-state index in [0.717, 1.165) is 0 Å². The molecule has 0 aromatic carbocycles. The number of ether oxygens (including phenoxy) is 1. The van der Waals surface area contributed by atoms with Gasteiger partial charge in [-0.15, -0.1) is 0 Å². The van der Waals surface area contributed by atoms with Crippen LogP contribution in [0.1, 0.15) is 31.4 Å². The van der Waals surface area contributed by atoms with Crippen LogP contribution in [0.5, 0.6) is 0 Å². The average Bonchev–Trinajstić information content (AvgIpc) is 2.92. The fraction of sp³-hybridized carbons (Fsp3) is 0.500. The van der Waals surface area contributed by atoms with E-state index in [0.29, 0.717) is 12.2 Å². The van der Waals surface area contributed by atoms with Crippen molar-refractivity contribution >= 4 is 11.8 Å². The van der Waals surface area contributed by atoms with E-state index in [1.807, 2.05) is 0 Å². The molecule has 1 saturated carbocycles. The molecular formula is C14H15NO4. The number of hydrogen-bond donors (Lipinski definition) is 0. The first-order chi connectivity index (χ1) is 9.19. The molecule has 1 aliphatic carbocycles. The van der Waals surface area contributed by atoms with Crippen molar-refractivity contribution in [2.45, 2.75) is 25.7 Å². The largest absolute Gasteiger partial charge is 0.469 e. The number of hydrogen-bond acceptors (Lipinski definition) is 5. The molecule has 2 rings (SSSR count). The summed E-state index contributed by atoms with van der Waals surface area (Å²) >= 11 is 0. The Kier molecular flexibility index (Phi) is 4.00. The molecule has 100 valence electrons. The number of furan rings is 1. The van der Waals surface area contributed by atoms with Crippen LogP contribution in [0.25, 0.3) is 0 Å². The molecule has 0 aliphatic heterocycles. The first kappa shape index (κ1) is 13.3. The molecular weight excluding hydrogens is 246 g/mol. The highest BCUT2D eigenvalue weighted by Gasteiger charge is 2.46. The molecule has 5 nitrogen and oxygen atoms in total. The summed E-state index contributed by atoms with van der Waals surface area (Å²) < 4.78 is 10.3. The van der Waals surface area contributed by atoms with Crippen LogP contribution in [0.2, 0.25) is 0 Å². The van der Waals surface area contributed by atoms with Crippen LogP contribution in [0.4, 0.5) is 0 Å². The predicted molar refractivity (Wildman–Crippen MR) is 64.9 cm³/mol. The van der Waals surface area contributed by atoms with Gasteiger partial charge in [0.1, 0.15) is 17.5 Å². The third kappa shape index (κ3) is 2.53. The smallest absolute Gasteiger partial charge is 0.317 e. The average molecular weight is 261 g/mol. The third-order valence-electron chi connectivity index (χ3n) is 3.42. The molecule has 0 spiro atoms. The number of Topliss-reactive ketones (excluding diaryl/α,β-unsaturated/α-hetero) is 1. The van der Waals surface area contributed by atoms with Gasteiger partial charge in [0.15, 0.2) is 0 Å². The number of nitrogens with zero attached hydrogens (tertiary/aromatic N) is 1. The fourth-order valence-electron chi connectivity index (χ4n) is 2.56. The van der Waals surface area contributed by atoms with Crippen LogP contribution < -0.4 is 0 Å². The zero-order valence-electron chi connectivity index (χ0n) is 10.7. The second kappa shape index (κ2) is 5.70. The van der Waals surface area contributed by atoms with Gasteiger partial charge in [-0.1, -0.05) is 0 Å². The highest BCUT2D eigenvalue weighted by atomic mass is 16.5. The molecule has 0 amide bonds. The van der Waals surface area contributed by atoms with Crippen LogP contribution in [0.15, 0.2) is 22.8 Å². The van der Waals surface area contributed by atoms with E-state index >= 15 is 0 Å². The van der Waals surface area contributed by atoms with Gasteiger partial charge >= 0.3 is 5.97 Å². The summed E-state index contributed by atoms with van der Waals surface area (Å²) in [5.41, 5.74) is 0. The minimum absolute atomic E-state index is 0.175. The van der Waals surface area contributed by atoms with Crippen LogP contribution in [-0.4, -0.2) is 18.4 Å². The SMILES string of the molecule is CCOC(=O)[C@H]1C(=O)CC[C@@H](C#N)[C@@H]1c1ccco1. The number of nitriles is 1. The Morgan fingerprint density at radius 1 is 1.63 bits per heavy atom. The zero-order valence-corrected chi connectivity index (χ0v) is 10.7. The molecule has 1 aliphatic rings. The van der Waals surface area contributed by atoms with Crippen molar-refractivity contribution in [2.24, 2.45) is 11.8 Å². The second-order valence-electron chi connectivity index (χ2n) is 4.51. The molecule has 3 atom stereocenters. The van der Waals surface area contributed by atoms with Gasteiger partial charge in [0.05, 0.1) is 30.8 Å². The number of rotatable bonds is 3. The maximum absolute atomic E-state index is 12.0. The van der Waals surface area contributed by atoms with E-state index in [-0.39, 0.29) is 18.8 Å². The Balaban J connectivity index is 2.36. The van der Waals surface area contributed by atoms with Crippen molar-refractivity contribution in [2.75, 3.05) is 6.61 Å². The minimum Gasteiger partial charge on any atom is -0.469 e. The standard InChI is InChI=1S/C14H15NO4/c1-2-18-14(17)13-10(16)6-5-9(8-15)12(13)11-4-3-7-19-11/h3-4,7,9,12-13H,2,5-6H2,1H3/t9-,12+,13-/m0/s1. The maximum Gasteiger partial charge on any atom is 0.317 e. The maximum atomic E-state index is 12.0. The summed E-state index contributed by atoms with van der Waals surface area (Å²) in [4.78, 5) is 24.0. The summed E-state index contributed by atoms with van der Waals surface area (Å²) in [6.07, 6.45) is 2.17. The summed E-state index contributed by atoms with van der Waals surface area (Å²) in [5, 5.41) is 9.22. The number of carbonyl (C=O) groups is 2. The molecule has 0 radical (unpaired) electrons. The second-order valence-corrected chi connectivity index (χ2v) is 4.51. The molecule has 19 heavy (non-hydrogen) atoms. The molecule has 5 heteroatoms. The van der Waals surface area contributed by atoms with Gasteiger partial charge in [-0.25, -0.2) is 0 Å². The summed E-state index contributed by atoms with van der Waals surface area (Å²) in [6, 6.07) is 5.55. The molecule has 0 N–H and O–H groups in total. The first-order valence-electron chi connectivity index (χ1n) is 6.31. The highest BCUT2D eigenvalue weighted by molar-refractivity contribution is 6.00. The Morgan fingerprint density at radius 2 is 2.42 bits per heavy atom. The number of carbonyl (C=O) groups excluding carboxylic acids is 2. The zero-order chi connectivity index (χ0) is 13.8. The minimum atomic E-state index is -0.926. The van der Waals surface area contributed by atoms with Crippen molar-refractivity contribution in [3.05, 3.63) is 24.2 Å². The molecule has 1 aromatic heterocycles. The lowest BCUT2D eigenvalue weighted by molar-refractivity contribution is -0.154. The number of ketones is 1. The van der Waals surface area contributed by atoms with Crippen LogP contribution in [0, 0.1) is 23.2 Å². The van der Waals surface area contributed by atoms with Gasteiger partial charge in [0.25, 0.3) is 0 Å². The van der Waals surface area contributed by atoms with Crippen molar-refractivity contribution in [3.8, 4) is 6.07 Å². The van der Waals surface area contributed by atoms with Crippen molar-refractivity contribution in [1.82, 2.24) is 0 Å². The highest BCUT2D eigenvalue weighted by Crippen LogP contribution is 2.40. The normalized spacial score (nSPS) is 26.7. The van der Waals surface area contributed by atoms with Crippen LogP contribution in [0.3, 0.4) is 0 Å². The van der Waals surface area contributed by atoms with E-state index in [1.165, 1.54) is 6.26 Å². The van der Waals surface area contributed by atoms with Crippen molar-refractivity contribution in [1.29, 1.82) is 5.26 Å². The van der Waals surface area contributed by atoms with Gasteiger partial charge in [-0.3, -0.25) is 9.59 Å². The molecule has 1 aromatic rings. The van der Waals surface area contributed by atoms with Gasteiger partial charge in [-0.05, 0) is 25.5 Å². The Hall–Kier alpha value is -2.09. The molecule has 0 saturated heterocycles. The van der Waals surface area contributed by atoms with E-state index in [2.05, 4.69) is 6.07 Å². The lowest BCUT2D eigenvalue weighted by Crippen LogP contribution is -2.39. The van der Waals surface area contributed by atoms with Crippen molar-refractivity contribution < 1.29 is 18.7 Å². The Labute approximate surface area is 111 Å². The van der Waals surface area contributed by atoms with E-state index in [1.54, 1.807) is 19.1 Å². The molecule has 1 heterocycles. The third-order valence-corrected chi connectivity index (χ3v) is 3.42. The van der Waals surface area contributed by atoms with Gasteiger partial charge in [-0.2, -0.15) is 5.26 Å². The molecule has 0 unspecified atom stereocenters. The van der Waals surface area contributed by atoms with Gasteiger partial charge in [0, 0.05) is 6.42 Å². The van der Waals surface area contributed by atoms with E-state index < -0.39 is 23.7 Å². The summed E-state index contributed by atoms with van der Waals surface area (Å²) in [6.45, 7) is 1.90. The molecule has 0 bridgehead atoms. The van der Waals surface area contributed by atoms with Crippen LogP contribution >= 0.6 is 0 Å². The fourth-order valence-corrected chi connectivity index (χ4v) is 2.56. The number of esters is 1. The molecule has 1 fully saturated rings. The monoisotopic (exact) mass is 261 g/mol. The van der Waals surface area contributed by atoms with E-state index in [9.17, 15) is 14.9 Å². The Morgan fingerprint density at radius 3 is 3.00 bits per heavy atom. The first-order valence-corrected chi connectivity index (χ1v) is 6.31. The lowest BCUT2D eigenvalue weighted by Gasteiger charge is -2.30. The lowest BCUT2D eigenvalue weighted by atomic mass is 9.70. The Bertz CT molecular complexity index is 500. The predicted octanol–water partition coefficient (Wildman–Crippen LogP) is 2.05. The van der Waals surface area contributed by atoms with Crippen LogP contribution in [-0.2, 0) is 14.3 Å². The van der Waals surface area contributed by atoms with Crippen molar-refractivity contribution in [3.63, 3.8) is 0 Å². The van der Waals surface area contributed by atoms with E-state index in [4.69, 9.17) is 9.15 Å². The van der Waals surface area contributed by atoms with Gasteiger partial charge in [0.2, 0.25) is 0 Å². The quantitative estimate of drug-likeness (QED) is 0.614. The summed E-state index contributed by atoms with van der Waals surface area (Å²) in [5.74, 6) is -2.11. The summed E-state index contributed by atoms with van der Waals surface area (Å²) in [7, 11) is 0.